The molecule has 88 valence electrons. The van der Waals surface area contributed by atoms with E-state index in [1.54, 1.807) is 0 Å². The molecule has 16 heavy (non-hydrogen) atoms. The minimum atomic E-state index is 0.289. The SMILES string of the molecule is CCSc1ccc2c(c1)NCC(C(C)C)O2. The Balaban J connectivity index is 2.15. The lowest BCUT2D eigenvalue weighted by Crippen LogP contribution is -2.34. The molecule has 0 saturated heterocycles. The minimum Gasteiger partial charge on any atom is -0.486 e. The Kier molecular flexibility index (Phi) is 3.64. The van der Waals surface area contributed by atoms with E-state index >= 15 is 0 Å². The van der Waals surface area contributed by atoms with Gasteiger partial charge in [-0.3, -0.25) is 0 Å². The molecule has 0 fully saturated rings. The van der Waals surface area contributed by atoms with E-state index in [0.717, 1.165) is 23.7 Å². The van der Waals surface area contributed by atoms with Gasteiger partial charge < -0.3 is 10.1 Å². The lowest BCUT2D eigenvalue weighted by molar-refractivity contribution is 0.156. The summed E-state index contributed by atoms with van der Waals surface area (Å²) in [6.45, 7) is 7.46. The molecular formula is C13H19NOS. The highest BCUT2D eigenvalue weighted by atomic mass is 32.2. The smallest absolute Gasteiger partial charge is 0.143 e. The molecule has 3 heteroatoms. The second-order valence-electron chi connectivity index (χ2n) is 4.37. The van der Waals surface area contributed by atoms with Crippen molar-refractivity contribution < 1.29 is 4.74 Å². The van der Waals surface area contributed by atoms with Crippen molar-refractivity contribution in [2.45, 2.75) is 31.8 Å². The maximum atomic E-state index is 5.95. The number of benzene rings is 1. The third-order valence-corrected chi connectivity index (χ3v) is 3.65. The van der Waals surface area contributed by atoms with Crippen LogP contribution in [0.3, 0.4) is 0 Å². The third-order valence-electron chi connectivity index (χ3n) is 2.78. The average molecular weight is 237 g/mol. The van der Waals surface area contributed by atoms with Crippen LogP contribution in [0.2, 0.25) is 0 Å². The molecule has 0 saturated carbocycles. The highest BCUT2D eigenvalue weighted by Crippen LogP contribution is 2.34. The second kappa shape index (κ2) is 5.00. The molecule has 1 aromatic rings. The van der Waals surface area contributed by atoms with Crippen LogP contribution in [0.1, 0.15) is 20.8 Å². The first kappa shape index (κ1) is 11.6. The van der Waals surface area contributed by atoms with E-state index in [1.165, 1.54) is 4.90 Å². The maximum absolute atomic E-state index is 5.95. The van der Waals surface area contributed by atoms with E-state index in [-0.39, 0.29) is 6.10 Å². The van der Waals surface area contributed by atoms with Gasteiger partial charge in [-0.15, -0.1) is 11.8 Å². The Morgan fingerprint density at radius 1 is 1.50 bits per heavy atom. The highest BCUT2D eigenvalue weighted by molar-refractivity contribution is 7.99. The molecule has 1 N–H and O–H groups in total. The first-order chi connectivity index (χ1) is 7.70. The Morgan fingerprint density at radius 3 is 3.00 bits per heavy atom. The fraction of sp³-hybridized carbons (Fsp3) is 0.538. The Morgan fingerprint density at radius 2 is 2.31 bits per heavy atom. The maximum Gasteiger partial charge on any atom is 0.143 e. The van der Waals surface area contributed by atoms with Crippen LogP contribution >= 0.6 is 11.8 Å². The van der Waals surface area contributed by atoms with Gasteiger partial charge in [0.1, 0.15) is 11.9 Å². The van der Waals surface area contributed by atoms with Crippen molar-refractivity contribution in [2.75, 3.05) is 17.6 Å². The average Bonchev–Trinajstić information content (AvgIpc) is 2.28. The number of hydrogen-bond acceptors (Lipinski definition) is 3. The molecule has 0 aromatic heterocycles. The summed E-state index contributed by atoms with van der Waals surface area (Å²) < 4.78 is 5.95. The Labute approximate surface area is 102 Å². The molecule has 1 unspecified atom stereocenters. The summed E-state index contributed by atoms with van der Waals surface area (Å²) in [4.78, 5) is 1.31. The van der Waals surface area contributed by atoms with Crippen LogP contribution in [0.4, 0.5) is 5.69 Å². The molecule has 0 aliphatic carbocycles. The van der Waals surface area contributed by atoms with Gasteiger partial charge in [0.05, 0.1) is 12.2 Å². The van der Waals surface area contributed by atoms with Crippen molar-refractivity contribution in [3.8, 4) is 5.75 Å². The number of ether oxygens (including phenoxy) is 1. The van der Waals surface area contributed by atoms with Crippen LogP contribution in [0, 0.1) is 5.92 Å². The van der Waals surface area contributed by atoms with Crippen molar-refractivity contribution in [1.29, 1.82) is 0 Å². The van der Waals surface area contributed by atoms with Crippen molar-refractivity contribution in [2.24, 2.45) is 5.92 Å². The van der Waals surface area contributed by atoms with E-state index < -0.39 is 0 Å². The number of anilines is 1. The highest BCUT2D eigenvalue weighted by Gasteiger charge is 2.21. The first-order valence-corrected chi connectivity index (χ1v) is 6.86. The van der Waals surface area contributed by atoms with Gasteiger partial charge in [-0.1, -0.05) is 20.8 Å². The molecule has 0 spiro atoms. The van der Waals surface area contributed by atoms with Crippen LogP contribution in [0.25, 0.3) is 0 Å². The summed E-state index contributed by atoms with van der Waals surface area (Å²) in [5.41, 5.74) is 1.13. The standard InChI is InChI=1S/C13H19NOS/c1-4-16-10-5-6-12-11(7-10)14-8-13(15-12)9(2)3/h5-7,9,13-14H,4,8H2,1-3H3. The third kappa shape index (κ3) is 2.46. The predicted molar refractivity (Wildman–Crippen MR) is 70.6 cm³/mol. The monoisotopic (exact) mass is 237 g/mol. The molecule has 1 aromatic carbocycles. The summed E-state index contributed by atoms with van der Waals surface area (Å²) in [6, 6.07) is 6.40. The van der Waals surface area contributed by atoms with E-state index in [1.807, 2.05) is 11.8 Å². The van der Waals surface area contributed by atoms with Gasteiger partial charge in [-0.2, -0.15) is 0 Å². The van der Waals surface area contributed by atoms with Gasteiger partial charge in [0.2, 0.25) is 0 Å². The van der Waals surface area contributed by atoms with Gasteiger partial charge in [-0.25, -0.2) is 0 Å². The van der Waals surface area contributed by atoms with Crippen LogP contribution in [-0.2, 0) is 0 Å². The summed E-state index contributed by atoms with van der Waals surface area (Å²) >= 11 is 1.86. The summed E-state index contributed by atoms with van der Waals surface area (Å²) in [5, 5.41) is 3.45. The molecule has 2 rings (SSSR count). The van der Waals surface area contributed by atoms with E-state index in [9.17, 15) is 0 Å². The summed E-state index contributed by atoms with van der Waals surface area (Å²) in [7, 11) is 0. The van der Waals surface area contributed by atoms with Crippen molar-refractivity contribution >= 4 is 17.4 Å². The van der Waals surface area contributed by atoms with Crippen molar-refractivity contribution in [1.82, 2.24) is 0 Å². The van der Waals surface area contributed by atoms with E-state index in [2.05, 4.69) is 44.3 Å². The van der Waals surface area contributed by atoms with Gasteiger partial charge >= 0.3 is 0 Å². The zero-order valence-electron chi connectivity index (χ0n) is 10.1. The number of hydrogen-bond donors (Lipinski definition) is 1. The van der Waals surface area contributed by atoms with Crippen molar-refractivity contribution in [3.05, 3.63) is 18.2 Å². The molecule has 1 atom stereocenters. The summed E-state index contributed by atoms with van der Waals surface area (Å²) in [6.07, 6.45) is 0.289. The van der Waals surface area contributed by atoms with Crippen LogP contribution in [0.15, 0.2) is 23.1 Å². The van der Waals surface area contributed by atoms with Crippen molar-refractivity contribution in [3.63, 3.8) is 0 Å². The number of fused-ring (bicyclic) bond motifs is 1. The number of thioether (sulfide) groups is 1. The molecule has 2 nitrogen and oxygen atoms in total. The molecule has 0 amide bonds. The normalized spacial score (nSPS) is 18.9. The number of nitrogens with one attached hydrogen (secondary N) is 1. The molecule has 1 aliphatic rings. The Hall–Kier alpha value is -0.830. The van der Waals surface area contributed by atoms with Gasteiger partial charge in [0, 0.05) is 4.90 Å². The lowest BCUT2D eigenvalue weighted by atomic mass is 10.1. The second-order valence-corrected chi connectivity index (χ2v) is 5.71. The van der Waals surface area contributed by atoms with Gasteiger partial charge in [-0.05, 0) is 29.9 Å². The molecule has 1 heterocycles. The zero-order valence-corrected chi connectivity index (χ0v) is 10.9. The topological polar surface area (TPSA) is 21.3 Å². The van der Waals surface area contributed by atoms with Crippen LogP contribution in [0.5, 0.6) is 5.75 Å². The lowest BCUT2D eigenvalue weighted by Gasteiger charge is -2.30. The summed E-state index contributed by atoms with van der Waals surface area (Å²) in [5.74, 6) is 2.64. The fourth-order valence-corrected chi connectivity index (χ4v) is 2.49. The molecule has 0 radical (unpaired) electrons. The molecule has 0 bridgehead atoms. The van der Waals surface area contributed by atoms with Gasteiger partial charge in [0.15, 0.2) is 0 Å². The van der Waals surface area contributed by atoms with Crippen LogP contribution in [-0.4, -0.2) is 18.4 Å². The van der Waals surface area contributed by atoms with E-state index in [4.69, 9.17) is 4.74 Å². The van der Waals surface area contributed by atoms with E-state index in [0.29, 0.717) is 5.92 Å². The first-order valence-electron chi connectivity index (χ1n) is 5.88. The molecular weight excluding hydrogens is 218 g/mol. The zero-order chi connectivity index (χ0) is 11.5. The molecule has 1 aliphatic heterocycles. The Bertz CT molecular complexity index is 365. The quantitative estimate of drug-likeness (QED) is 0.811. The minimum absolute atomic E-state index is 0.289. The predicted octanol–water partition coefficient (Wildman–Crippen LogP) is 3.63. The van der Waals surface area contributed by atoms with Crippen LogP contribution < -0.4 is 10.1 Å². The number of rotatable bonds is 3. The largest absolute Gasteiger partial charge is 0.486 e. The fourth-order valence-electron chi connectivity index (χ4n) is 1.79. The van der Waals surface area contributed by atoms with Gasteiger partial charge in [0.25, 0.3) is 0 Å².